The fourth-order valence-electron chi connectivity index (χ4n) is 2.08. The molecule has 14 heavy (non-hydrogen) atoms. The number of rotatable bonds is 1. The summed E-state index contributed by atoms with van der Waals surface area (Å²) >= 11 is 0. The summed E-state index contributed by atoms with van der Waals surface area (Å²) in [5.41, 5.74) is 1.47. The molecule has 0 unspecified atom stereocenters. The zero-order valence-electron chi connectivity index (χ0n) is 10.7. The van der Waals surface area contributed by atoms with E-state index in [0.29, 0.717) is 5.41 Å². The van der Waals surface area contributed by atoms with E-state index in [1.54, 1.807) is 0 Å². The molecule has 0 atom stereocenters. The van der Waals surface area contributed by atoms with Gasteiger partial charge in [-0.05, 0) is 36.5 Å². The topological polar surface area (TPSA) is 0 Å². The number of hydrogen-bond donors (Lipinski definition) is 0. The summed E-state index contributed by atoms with van der Waals surface area (Å²) in [4.78, 5) is 0. The second-order valence-electron chi connectivity index (χ2n) is 6.39. The van der Waals surface area contributed by atoms with Crippen molar-refractivity contribution in [2.45, 2.75) is 79.1 Å². The van der Waals surface area contributed by atoms with Crippen LogP contribution in [0.15, 0.2) is 0 Å². The summed E-state index contributed by atoms with van der Waals surface area (Å²) in [7, 11) is 0. The standard InChI is InChI=1S/C8H16.C6H12/c1-8(2)6-4-3-5-7-8;1-3-6(2)4-5-6/h3-7H2,1-2H3;3-5H2,1-2H3. The smallest absolute Gasteiger partial charge is 0.0328 e. The zero-order chi connectivity index (χ0) is 10.7. The van der Waals surface area contributed by atoms with E-state index >= 15 is 0 Å². The lowest BCUT2D eigenvalue weighted by molar-refractivity contribution is 0.244. The highest BCUT2D eigenvalue weighted by atomic mass is 14.4. The van der Waals surface area contributed by atoms with E-state index in [0.717, 1.165) is 5.41 Å². The van der Waals surface area contributed by atoms with Crippen molar-refractivity contribution in [2.75, 3.05) is 0 Å². The van der Waals surface area contributed by atoms with Gasteiger partial charge in [-0.25, -0.2) is 0 Å². The maximum atomic E-state index is 2.38. The van der Waals surface area contributed by atoms with Gasteiger partial charge in [-0.1, -0.05) is 53.4 Å². The molecule has 0 amide bonds. The van der Waals surface area contributed by atoms with Crippen LogP contribution in [0.1, 0.15) is 79.1 Å². The van der Waals surface area contributed by atoms with Gasteiger partial charge in [0.15, 0.2) is 0 Å². The third-order valence-corrected chi connectivity index (χ3v) is 4.16. The van der Waals surface area contributed by atoms with E-state index in [1.807, 2.05) is 0 Å². The first kappa shape index (κ1) is 12.1. The molecule has 0 heteroatoms. The molecule has 0 N–H and O–H groups in total. The van der Waals surface area contributed by atoms with Crippen molar-refractivity contribution < 1.29 is 0 Å². The largest absolute Gasteiger partial charge is 0.0649 e. The Labute approximate surface area is 90.5 Å². The quantitative estimate of drug-likeness (QED) is 0.542. The highest BCUT2D eigenvalue weighted by Gasteiger charge is 2.34. The van der Waals surface area contributed by atoms with Crippen molar-refractivity contribution in [3.05, 3.63) is 0 Å². The Balaban J connectivity index is 0.000000146. The molecule has 0 heterocycles. The second kappa shape index (κ2) is 4.68. The number of hydrogen-bond acceptors (Lipinski definition) is 0. The first-order valence-electron chi connectivity index (χ1n) is 6.47. The average Bonchev–Trinajstić information content (AvgIpc) is 2.86. The minimum Gasteiger partial charge on any atom is -0.0649 e. The molecule has 0 aromatic carbocycles. The molecule has 2 aliphatic rings. The lowest BCUT2D eigenvalue weighted by Crippen LogP contribution is -2.14. The molecule has 0 aliphatic heterocycles. The molecule has 0 spiro atoms. The van der Waals surface area contributed by atoms with Crippen molar-refractivity contribution in [1.82, 2.24) is 0 Å². The van der Waals surface area contributed by atoms with E-state index in [2.05, 4.69) is 27.7 Å². The van der Waals surface area contributed by atoms with E-state index in [9.17, 15) is 0 Å². The summed E-state index contributed by atoms with van der Waals surface area (Å²) in [6.45, 7) is 9.39. The van der Waals surface area contributed by atoms with Crippen LogP contribution < -0.4 is 0 Å². The van der Waals surface area contributed by atoms with Gasteiger partial charge in [-0.15, -0.1) is 0 Å². The SMILES string of the molecule is CC1(C)CCCCC1.CCC1(C)CC1. The first-order valence-corrected chi connectivity index (χ1v) is 6.47. The van der Waals surface area contributed by atoms with Crippen LogP contribution in [0.3, 0.4) is 0 Å². The Kier molecular flexibility index (Phi) is 4.04. The molecule has 0 saturated heterocycles. The molecule has 0 radical (unpaired) electrons. The molecule has 0 bridgehead atoms. The van der Waals surface area contributed by atoms with Crippen LogP contribution in [0.2, 0.25) is 0 Å². The third-order valence-electron chi connectivity index (χ3n) is 4.16. The highest BCUT2D eigenvalue weighted by molar-refractivity contribution is 4.86. The van der Waals surface area contributed by atoms with Crippen LogP contribution >= 0.6 is 0 Å². The highest BCUT2D eigenvalue weighted by Crippen LogP contribution is 2.47. The molecule has 0 nitrogen and oxygen atoms in total. The molecular formula is C14H28. The summed E-state index contributed by atoms with van der Waals surface area (Å²) in [5.74, 6) is 0. The first-order chi connectivity index (χ1) is 6.47. The monoisotopic (exact) mass is 196 g/mol. The van der Waals surface area contributed by atoms with Gasteiger partial charge in [0.05, 0.1) is 0 Å². The third kappa shape index (κ3) is 4.48. The van der Waals surface area contributed by atoms with Gasteiger partial charge in [0.2, 0.25) is 0 Å². The van der Waals surface area contributed by atoms with E-state index in [-0.39, 0.29) is 0 Å². The normalized spacial score (nSPS) is 27.4. The van der Waals surface area contributed by atoms with Crippen molar-refractivity contribution in [3.8, 4) is 0 Å². The Morgan fingerprint density at radius 2 is 1.29 bits per heavy atom. The Morgan fingerprint density at radius 3 is 1.43 bits per heavy atom. The zero-order valence-corrected chi connectivity index (χ0v) is 10.7. The lowest BCUT2D eigenvalue weighted by Gasteiger charge is -2.28. The predicted octanol–water partition coefficient (Wildman–Crippen LogP) is 5.17. The molecule has 2 rings (SSSR count). The summed E-state index contributed by atoms with van der Waals surface area (Å²) < 4.78 is 0. The molecule has 2 aliphatic carbocycles. The fourth-order valence-corrected chi connectivity index (χ4v) is 2.08. The van der Waals surface area contributed by atoms with Crippen molar-refractivity contribution in [3.63, 3.8) is 0 Å². The van der Waals surface area contributed by atoms with Gasteiger partial charge in [0, 0.05) is 0 Å². The van der Waals surface area contributed by atoms with Crippen molar-refractivity contribution in [1.29, 1.82) is 0 Å². The van der Waals surface area contributed by atoms with E-state index < -0.39 is 0 Å². The maximum absolute atomic E-state index is 2.38. The minimum absolute atomic E-state index is 0.679. The van der Waals surface area contributed by atoms with Gasteiger partial charge in [0.25, 0.3) is 0 Å². The summed E-state index contributed by atoms with van der Waals surface area (Å²) in [6, 6.07) is 0. The molecule has 2 saturated carbocycles. The van der Waals surface area contributed by atoms with Crippen LogP contribution in [0.5, 0.6) is 0 Å². The molecule has 2 fully saturated rings. The molecule has 0 aromatic heterocycles. The van der Waals surface area contributed by atoms with Crippen LogP contribution in [-0.4, -0.2) is 0 Å². The molecule has 0 aromatic rings. The van der Waals surface area contributed by atoms with Crippen LogP contribution in [0.25, 0.3) is 0 Å². The minimum atomic E-state index is 0.679. The summed E-state index contributed by atoms with van der Waals surface area (Å²) in [5, 5.41) is 0. The van der Waals surface area contributed by atoms with Crippen LogP contribution in [-0.2, 0) is 0 Å². The van der Waals surface area contributed by atoms with Gasteiger partial charge in [0.1, 0.15) is 0 Å². The van der Waals surface area contributed by atoms with Gasteiger partial charge in [-0.2, -0.15) is 0 Å². The second-order valence-corrected chi connectivity index (χ2v) is 6.39. The lowest BCUT2D eigenvalue weighted by atomic mass is 9.78. The Morgan fingerprint density at radius 1 is 0.786 bits per heavy atom. The van der Waals surface area contributed by atoms with E-state index in [1.165, 1.54) is 51.4 Å². The maximum Gasteiger partial charge on any atom is -0.0328 e. The van der Waals surface area contributed by atoms with Gasteiger partial charge in [-0.3, -0.25) is 0 Å². The Bertz CT molecular complexity index is 155. The average molecular weight is 196 g/mol. The molecular weight excluding hydrogens is 168 g/mol. The molecule has 84 valence electrons. The van der Waals surface area contributed by atoms with E-state index in [4.69, 9.17) is 0 Å². The van der Waals surface area contributed by atoms with Gasteiger partial charge < -0.3 is 0 Å². The fraction of sp³-hybridized carbons (Fsp3) is 1.00. The van der Waals surface area contributed by atoms with Crippen LogP contribution in [0.4, 0.5) is 0 Å². The van der Waals surface area contributed by atoms with Crippen molar-refractivity contribution >= 4 is 0 Å². The van der Waals surface area contributed by atoms with Crippen molar-refractivity contribution in [2.24, 2.45) is 10.8 Å². The summed E-state index contributed by atoms with van der Waals surface area (Å²) in [6.07, 6.45) is 11.6. The van der Waals surface area contributed by atoms with Crippen LogP contribution in [0, 0.1) is 10.8 Å². The predicted molar refractivity (Wildman–Crippen MR) is 64.5 cm³/mol. The Hall–Kier alpha value is 0. The van der Waals surface area contributed by atoms with Gasteiger partial charge >= 0.3 is 0 Å².